The molecule has 0 saturated heterocycles. The number of nitrogens with one attached hydrogen (secondary N) is 1. The minimum atomic E-state index is -4.67. The maximum Gasteiger partial charge on any atom is 0.417 e. The summed E-state index contributed by atoms with van der Waals surface area (Å²) < 4.78 is 65.2. The molecule has 2 rings (SSSR count). The van der Waals surface area contributed by atoms with Crippen molar-refractivity contribution in [2.45, 2.75) is 11.1 Å². The van der Waals surface area contributed by atoms with Crippen LogP contribution >= 0.6 is 27.5 Å². The molecule has 2 aromatic carbocycles. The molecule has 22 heavy (non-hydrogen) atoms. The molecule has 0 aromatic heterocycles. The number of alkyl halides is 3. The third kappa shape index (κ3) is 3.74. The van der Waals surface area contributed by atoms with Crippen molar-refractivity contribution in [2.24, 2.45) is 0 Å². The second-order valence-corrected chi connectivity index (χ2v) is 7.14. The summed E-state index contributed by atoms with van der Waals surface area (Å²) in [6, 6.07) is 8.75. The molecule has 0 unspecified atom stereocenters. The first kappa shape index (κ1) is 17.1. The van der Waals surface area contributed by atoms with E-state index in [1.165, 1.54) is 18.2 Å². The Labute approximate surface area is 138 Å². The van der Waals surface area contributed by atoms with E-state index in [9.17, 15) is 21.6 Å². The van der Waals surface area contributed by atoms with Crippen molar-refractivity contribution in [3.8, 4) is 0 Å². The lowest BCUT2D eigenvalue weighted by Crippen LogP contribution is -2.14. The topological polar surface area (TPSA) is 46.2 Å². The standard InChI is InChI=1S/C13H8BrClF3NO2S/c14-10-3-1-2-4-12(10)22(20,21)19-8-5-6-11(15)9(7-8)13(16,17)18/h1-7,19H. The number of hydrogen-bond acceptors (Lipinski definition) is 2. The van der Waals surface area contributed by atoms with Crippen LogP contribution in [0.4, 0.5) is 18.9 Å². The van der Waals surface area contributed by atoms with Crippen LogP contribution in [0, 0.1) is 0 Å². The fourth-order valence-corrected chi connectivity index (χ4v) is 3.96. The lowest BCUT2D eigenvalue weighted by atomic mass is 10.2. The molecule has 0 radical (unpaired) electrons. The summed E-state index contributed by atoms with van der Waals surface area (Å²) in [5.41, 5.74) is -1.34. The summed E-state index contributed by atoms with van der Waals surface area (Å²) in [5, 5.41) is -0.503. The molecule has 0 saturated carbocycles. The minimum absolute atomic E-state index is 0.0847. The van der Waals surface area contributed by atoms with Crippen LogP contribution in [-0.4, -0.2) is 8.42 Å². The Balaban J connectivity index is 2.41. The van der Waals surface area contributed by atoms with Gasteiger partial charge in [-0.1, -0.05) is 23.7 Å². The predicted octanol–water partition coefficient (Wildman–Crippen LogP) is 4.92. The molecule has 1 N–H and O–H groups in total. The molecule has 0 amide bonds. The second kappa shape index (κ2) is 6.10. The highest BCUT2D eigenvalue weighted by Crippen LogP contribution is 2.36. The van der Waals surface area contributed by atoms with Gasteiger partial charge in [-0.2, -0.15) is 13.2 Å². The van der Waals surface area contributed by atoms with E-state index in [-0.39, 0.29) is 10.6 Å². The highest BCUT2D eigenvalue weighted by atomic mass is 79.9. The van der Waals surface area contributed by atoms with Crippen LogP contribution in [0.3, 0.4) is 0 Å². The Hall–Kier alpha value is -1.25. The molecule has 0 heterocycles. The molecular weight excluding hydrogens is 407 g/mol. The van der Waals surface area contributed by atoms with Crippen molar-refractivity contribution >= 4 is 43.2 Å². The van der Waals surface area contributed by atoms with Gasteiger partial charge >= 0.3 is 6.18 Å². The number of rotatable bonds is 3. The zero-order valence-corrected chi connectivity index (χ0v) is 13.8. The van der Waals surface area contributed by atoms with E-state index >= 15 is 0 Å². The largest absolute Gasteiger partial charge is 0.417 e. The Morgan fingerprint density at radius 1 is 1.09 bits per heavy atom. The second-order valence-electron chi connectivity index (χ2n) is 4.23. The van der Waals surface area contributed by atoms with Crippen LogP contribution < -0.4 is 4.72 Å². The van der Waals surface area contributed by atoms with Gasteiger partial charge in [0.05, 0.1) is 10.6 Å². The van der Waals surface area contributed by atoms with Gasteiger partial charge in [-0.15, -0.1) is 0 Å². The third-order valence-electron chi connectivity index (χ3n) is 2.65. The smallest absolute Gasteiger partial charge is 0.280 e. The van der Waals surface area contributed by atoms with Gasteiger partial charge in [0.2, 0.25) is 0 Å². The van der Waals surface area contributed by atoms with Gasteiger partial charge < -0.3 is 0 Å². The summed E-state index contributed by atoms with van der Waals surface area (Å²) in [5.74, 6) is 0. The lowest BCUT2D eigenvalue weighted by Gasteiger charge is -2.13. The number of anilines is 1. The SMILES string of the molecule is O=S(=O)(Nc1ccc(Cl)c(C(F)(F)F)c1)c1ccccc1Br. The lowest BCUT2D eigenvalue weighted by molar-refractivity contribution is -0.137. The van der Waals surface area contributed by atoms with E-state index in [1.54, 1.807) is 6.07 Å². The van der Waals surface area contributed by atoms with Crippen LogP contribution in [0.15, 0.2) is 51.8 Å². The molecule has 0 spiro atoms. The minimum Gasteiger partial charge on any atom is -0.280 e. The van der Waals surface area contributed by atoms with Crippen molar-refractivity contribution < 1.29 is 21.6 Å². The maximum atomic E-state index is 12.8. The first-order chi connectivity index (χ1) is 10.1. The summed E-state index contributed by atoms with van der Waals surface area (Å²) in [6.07, 6.45) is -4.67. The summed E-state index contributed by atoms with van der Waals surface area (Å²) in [4.78, 5) is -0.0847. The van der Waals surface area contributed by atoms with Gasteiger partial charge in [0.15, 0.2) is 0 Å². The first-order valence-corrected chi connectivity index (χ1v) is 8.41. The first-order valence-electron chi connectivity index (χ1n) is 5.75. The van der Waals surface area contributed by atoms with Crippen LogP contribution in [0.1, 0.15) is 5.56 Å². The van der Waals surface area contributed by atoms with Crippen molar-refractivity contribution in [3.05, 3.63) is 57.5 Å². The van der Waals surface area contributed by atoms with Crippen LogP contribution in [0.2, 0.25) is 5.02 Å². The molecule has 0 atom stereocenters. The van der Waals surface area contributed by atoms with Crippen LogP contribution in [0.5, 0.6) is 0 Å². The molecule has 0 bridgehead atoms. The van der Waals surface area contributed by atoms with Gasteiger partial charge in [0, 0.05) is 10.2 Å². The number of halogens is 5. The molecule has 2 aromatic rings. The van der Waals surface area contributed by atoms with Gasteiger partial charge in [-0.25, -0.2) is 8.42 Å². The normalized spacial score (nSPS) is 12.2. The van der Waals surface area contributed by atoms with Crippen molar-refractivity contribution in [1.29, 1.82) is 0 Å². The number of sulfonamides is 1. The molecule has 118 valence electrons. The monoisotopic (exact) mass is 413 g/mol. The highest BCUT2D eigenvalue weighted by molar-refractivity contribution is 9.10. The van der Waals surface area contributed by atoms with E-state index in [0.717, 1.165) is 12.1 Å². The van der Waals surface area contributed by atoms with Crippen molar-refractivity contribution in [1.82, 2.24) is 0 Å². The Morgan fingerprint density at radius 3 is 2.32 bits per heavy atom. The molecule has 3 nitrogen and oxygen atoms in total. The third-order valence-corrected chi connectivity index (χ3v) is 5.37. The average molecular weight is 415 g/mol. The average Bonchev–Trinajstić information content (AvgIpc) is 2.39. The fraction of sp³-hybridized carbons (Fsp3) is 0.0769. The van der Waals surface area contributed by atoms with Gasteiger partial charge in [-0.05, 0) is 46.3 Å². The Bertz CT molecular complexity index is 809. The maximum absolute atomic E-state index is 12.8. The molecule has 0 fully saturated rings. The van der Waals surface area contributed by atoms with Crippen molar-refractivity contribution in [2.75, 3.05) is 4.72 Å². The van der Waals surface area contributed by atoms with E-state index in [4.69, 9.17) is 11.6 Å². The molecule has 0 aliphatic heterocycles. The van der Waals surface area contributed by atoms with Crippen LogP contribution in [-0.2, 0) is 16.2 Å². The quantitative estimate of drug-likeness (QED) is 0.775. The van der Waals surface area contributed by atoms with Crippen molar-refractivity contribution in [3.63, 3.8) is 0 Å². The summed E-state index contributed by atoms with van der Waals surface area (Å²) >= 11 is 8.57. The Morgan fingerprint density at radius 2 is 1.73 bits per heavy atom. The van der Waals surface area contributed by atoms with Crippen LogP contribution in [0.25, 0.3) is 0 Å². The summed E-state index contributed by atoms with van der Waals surface area (Å²) in [7, 11) is -4.03. The van der Waals surface area contributed by atoms with E-state index < -0.39 is 26.8 Å². The zero-order chi connectivity index (χ0) is 16.5. The van der Waals surface area contributed by atoms with Gasteiger partial charge in [0.1, 0.15) is 4.90 Å². The van der Waals surface area contributed by atoms with Gasteiger partial charge in [-0.3, -0.25) is 4.72 Å². The van der Waals surface area contributed by atoms with E-state index in [0.29, 0.717) is 10.5 Å². The highest BCUT2D eigenvalue weighted by Gasteiger charge is 2.33. The molecule has 0 aliphatic rings. The van der Waals surface area contributed by atoms with Gasteiger partial charge in [0.25, 0.3) is 10.0 Å². The molecule has 9 heteroatoms. The molecular formula is C13H8BrClF3NO2S. The number of hydrogen-bond donors (Lipinski definition) is 1. The number of benzene rings is 2. The Kier molecular flexibility index (Phi) is 4.74. The van der Waals surface area contributed by atoms with E-state index in [2.05, 4.69) is 20.7 Å². The predicted molar refractivity (Wildman–Crippen MR) is 81.4 cm³/mol. The zero-order valence-electron chi connectivity index (χ0n) is 10.7. The fourth-order valence-electron chi connectivity index (χ4n) is 1.68. The van der Waals surface area contributed by atoms with E-state index in [1.807, 2.05) is 0 Å². The molecule has 0 aliphatic carbocycles. The summed E-state index contributed by atoms with van der Waals surface area (Å²) in [6.45, 7) is 0.